The van der Waals surface area contributed by atoms with Gasteiger partial charge in [-0.1, -0.05) is 0 Å². The Labute approximate surface area is 160 Å². The maximum absolute atomic E-state index is 15.3. The van der Waals surface area contributed by atoms with Crippen LogP contribution in [0.4, 0.5) is 14.5 Å². The third-order valence-electron chi connectivity index (χ3n) is 5.47. The molecule has 142 valence electrons. The summed E-state index contributed by atoms with van der Waals surface area (Å²) in [6, 6.07) is 6.24. The van der Waals surface area contributed by atoms with Crippen LogP contribution in [0.2, 0.25) is 0 Å². The molecular formula is C21H19F2N5. The molecule has 2 N–H and O–H groups in total. The molecule has 1 aliphatic rings. The van der Waals surface area contributed by atoms with Crippen molar-refractivity contribution in [1.82, 2.24) is 19.7 Å². The Kier molecular flexibility index (Phi) is 3.27. The second-order valence-electron chi connectivity index (χ2n) is 7.80. The summed E-state index contributed by atoms with van der Waals surface area (Å²) >= 11 is 0. The Bertz CT molecular complexity index is 1270. The molecule has 5 nitrogen and oxygen atoms in total. The van der Waals surface area contributed by atoms with E-state index >= 15 is 4.39 Å². The van der Waals surface area contributed by atoms with Gasteiger partial charge in [-0.25, -0.2) is 8.78 Å². The van der Waals surface area contributed by atoms with Crippen LogP contribution in [0.5, 0.6) is 0 Å². The van der Waals surface area contributed by atoms with Gasteiger partial charge in [0.05, 0.1) is 16.9 Å². The number of aryl methyl sites for hydroxylation is 1. The fourth-order valence-electron chi connectivity index (χ4n) is 4.17. The molecule has 0 atom stereocenters. The second kappa shape index (κ2) is 5.41. The van der Waals surface area contributed by atoms with E-state index in [-0.39, 0.29) is 5.82 Å². The van der Waals surface area contributed by atoms with E-state index in [1.54, 1.807) is 6.20 Å². The minimum Gasteiger partial charge on any atom is -0.369 e. The Morgan fingerprint density at radius 1 is 1.04 bits per heavy atom. The number of nitrogens with zero attached hydrogens (tertiary/aromatic N) is 3. The first-order valence-electron chi connectivity index (χ1n) is 9.09. The summed E-state index contributed by atoms with van der Waals surface area (Å²) in [7, 11) is 0. The normalized spacial score (nSPS) is 14.6. The highest BCUT2D eigenvalue weighted by Gasteiger charge is 2.37. The van der Waals surface area contributed by atoms with Crippen molar-refractivity contribution in [2.24, 2.45) is 0 Å². The van der Waals surface area contributed by atoms with Crippen molar-refractivity contribution in [3.63, 3.8) is 0 Å². The van der Waals surface area contributed by atoms with Gasteiger partial charge in [0.2, 0.25) is 0 Å². The Balaban J connectivity index is 1.87. The number of rotatable bonds is 1. The van der Waals surface area contributed by atoms with E-state index in [9.17, 15) is 4.39 Å². The van der Waals surface area contributed by atoms with Crippen molar-refractivity contribution in [3.05, 3.63) is 59.3 Å². The molecular weight excluding hydrogens is 360 g/mol. The molecule has 0 radical (unpaired) electrons. The fourth-order valence-corrected chi connectivity index (χ4v) is 4.17. The summed E-state index contributed by atoms with van der Waals surface area (Å²) in [5, 5.41) is 12.6. The zero-order valence-electron chi connectivity index (χ0n) is 16.0. The van der Waals surface area contributed by atoms with Gasteiger partial charge in [0.15, 0.2) is 5.82 Å². The van der Waals surface area contributed by atoms with Gasteiger partial charge in [0.1, 0.15) is 17.5 Å². The van der Waals surface area contributed by atoms with E-state index in [0.717, 1.165) is 10.9 Å². The number of benzene rings is 2. The van der Waals surface area contributed by atoms with Gasteiger partial charge in [-0.15, -0.1) is 10.2 Å². The maximum Gasteiger partial charge on any atom is 0.162 e. The quantitative estimate of drug-likeness (QED) is 0.491. The number of hydrogen-bond acceptors (Lipinski definition) is 3. The van der Waals surface area contributed by atoms with Crippen LogP contribution in [0.15, 0.2) is 30.5 Å². The van der Waals surface area contributed by atoms with Crippen molar-refractivity contribution in [3.8, 4) is 16.8 Å². The molecule has 3 heterocycles. The summed E-state index contributed by atoms with van der Waals surface area (Å²) in [6.07, 6.45) is 1.75. The standard InChI is InChI=1S/C21H19F2N5/c1-10-14(15-7-12(22)8-17-13(15)5-6-24-17)9-16(23)18-19(10)28-11(2)26-27-20(28)21(3,4)25-18/h5-9,24-25H,1-4H3. The lowest BCUT2D eigenvalue weighted by atomic mass is 9.92. The molecule has 0 saturated carbocycles. The van der Waals surface area contributed by atoms with Crippen molar-refractivity contribution >= 4 is 16.6 Å². The number of fused-ring (bicyclic) bond motifs is 4. The average molecular weight is 379 g/mol. The Morgan fingerprint density at radius 3 is 2.61 bits per heavy atom. The lowest BCUT2D eigenvalue weighted by molar-refractivity contribution is 0.521. The number of H-pyrrole nitrogens is 1. The van der Waals surface area contributed by atoms with Crippen LogP contribution in [-0.2, 0) is 5.54 Å². The lowest BCUT2D eigenvalue weighted by Crippen LogP contribution is -2.37. The first-order valence-corrected chi connectivity index (χ1v) is 9.09. The van der Waals surface area contributed by atoms with E-state index in [4.69, 9.17) is 0 Å². The number of aromatic amines is 1. The van der Waals surface area contributed by atoms with Crippen LogP contribution in [0, 0.1) is 25.5 Å². The summed E-state index contributed by atoms with van der Waals surface area (Å²) in [5.74, 6) is 0.623. The molecule has 0 aliphatic carbocycles. The number of anilines is 1. The third kappa shape index (κ3) is 2.16. The summed E-state index contributed by atoms with van der Waals surface area (Å²) in [6.45, 7) is 7.64. The molecule has 0 spiro atoms. The first kappa shape index (κ1) is 16.9. The molecule has 2 aromatic carbocycles. The fraction of sp³-hybridized carbons (Fsp3) is 0.238. The predicted octanol–water partition coefficient (Wildman–Crippen LogP) is 4.97. The van der Waals surface area contributed by atoms with Crippen LogP contribution < -0.4 is 5.32 Å². The first-order chi connectivity index (χ1) is 13.3. The molecule has 0 bridgehead atoms. The lowest BCUT2D eigenvalue weighted by Gasteiger charge is -2.35. The molecule has 5 rings (SSSR count). The molecule has 0 fully saturated rings. The van der Waals surface area contributed by atoms with E-state index in [0.29, 0.717) is 39.7 Å². The number of halogens is 2. The molecule has 0 saturated heterocycles. The zero-order chi connectivity index (χ0) is 19.8. The van der Waals surface area contributed by atoms with Crippen molar-refractivity contribution in [1.29, 1.82) is 0 Å². The van der Waals surface area contributed by atoms with Crippen LogP contribution in [0.1, 0.15) is 31.1 Å². The van der Waals surface area contributed by atoms with Gasteiger partial charge in [-0.3, -0.25) is 4.57 Å². The van der Waals surface area contributed by atoms with Crippen molar-refractivity contribution in [2.45, 2.75) is 33.2 Å². The molecule has 0 amide bonds. The molecule has 4 aromatic rings. The van der Waals surface area contributed by atoms with Crippen LogP contribution in [0.25, 0.3) is 27.7 Å². The van der Waals surface area contributed by atoms with E-state index < -0.39 is 11.4 Å². The van der Waals surface area contributed by atoms with Crippen LogP contribution in [0.3, 0.4) is 0 Å². The van der Waals surface area contributed by atoms with Crippen molar-refractivity contribution in [2.75, 3.05) is 5.32 Å². The highest BCUT2D eigenvalue weighted by Crippen LogP contribution is 2.44. The molecule has 1 aliphatic heterocycles. The topological polar surface area (TPSA) is 58.5 Å². The van der Waals surface area contributed by atoms with Crippen LogP contribution in [-0.4, -0.2) is 19.7 Å². The zero-order valence-corrected chi connectivity index (χ0v) is 16.0. The van der Waals surface area contributed by atoms with E-state index in [1.165, 1.54) is 18.2 Å². The largest absolute Gasteiger partial charge is 0.369 e. The van der Waals surface area contributed by atoms with E-state index in [1.807, 2.05) is 38.3 Å². The summed E-state index contributed by atoms with van der Waals surface area (Å²) < 4.78 is 31.4. The number of hydrogen-bond donors (Lipinski definition) is 2. The van der Waals surface area contributed by atoms with Gasteiger partial charge in [-0.05, 0) is 68.7 Å². The van der Waals surface area contributed by atoms with Gasteiger partial charge >= 0.3 is 0 Å². The molecule has 0 unspecified atom stereocenters. The number of aromatic nitrogens is 4. The van der Waals surface area contributed by atoms with Gasteiger partial charge in [-0.2, -0.15) is 0 Å². The Hall–Kier alpha value is -3.22. The average Bonchev–Trinajstić information content (AvgIpc) is 3.24. The smallest absolute Gasteiger partial charge is 0.162 e. The summed E-state index contributed by atoms with van der Waals surface area (Å²) in [5.41, 5.74) is 3.29. The van der Waals surface area contributed by atoms with Gasteiger partial charge in [0.25, 0.3) is 0 Å². The molecule has 2 aromatic heterocycles. The van der Waals surface area contributed by atoms with E-state index in [2.05, 4.69) is 20.5 Å². The van der Waals surface area contributed by atoms with Crippen LogP contribution >= 0.6 is 0 Å². The maximum atomic E-state index is 15.3. The molecule has 7 heteroatoms. The SMILES string of the molecule is Cc1c(-c2cc(F)cc3[nH]ccc23)cc(F)c2c1-n1c(C)nnc1C(C)(C)N2. The highest BCUT2D eigenvalue weighted by molar-refractivity contribution is 5.97. The predicted molar refractivity (Wildman–Crippen MR) is 105 cm³/mol. The minimum atomic E-state index is -0.574. The second-order valence-corrected chi connectivity index (χ2v) is 7.80. The minimum absolute atomic E-state index is 0.372. The van der Waals surface area contributed by atoms with Crippen molar-refractivity contribution < 1.29 is 8.78 Å². The van der Waals surface area contributed by atoms with Gasteiger partial charge < -0.3 is 10.3 Å². The van der Waals surface area contributed by atoms with Gasteiger partial charge in [0, 0.05) is 17.1 Å². The highest BCUT2D eigenvalue weighted by atomic mass is 19.1. The third-order valence-corrected chi connectivity index (χ3v) is 5.47. The number of nitrogens with one attached hydrogen (secondary N) is 2. The molecule has 28 heavy (non-hydrogen) atoms. The monoisotopic (exact) mass is 379 g/mol. The summed E-state index contributed by atoms with van der Waals surface area (Å²) in [4.78, 5) is 3.03. The Morgan fingerprint density at radius 2 is 1.82 bits per heavy atom.